The molecule has 0 fully saturated rings. The minimum atomic E-state index is 0.192. The summed E-state index contributed by atoms with van der Waals surface area (Å²) in [6.45, 7) is 2.22. The lowest BCUT2D eigenvalue weighted by atomic mass is 10.0. The molecule has 0 aliphatic rings. The van der Waals surface area contributed by atoms with Crippen LogP contribution in [-0.4, -0.2) is 0 Å². The van der Waals surface area contributed by atoms with E-state index in [2.05, 4.69) is 34.3 Å². The summed E-state index contributed by atoms with van der Waals surface area (Å²) < 4.78 is 0.921. The van der Waals surface area contributed by atoms with Gasteiger partial charge < -0.3 is 0 Å². The fourth-order valence-corrected chi connectivity index (χ4v) is 2.29. The first-order chi connectivity index (χ1) is 8.19. The van der Waals surface area contributed by atoms with Gasteiger partial charge in [-0.15, -0.1) is 0 Å². The number of nitrogens with two attached hydrogens (primary N) is 1. The van der Waals surface area contributed by atoms with E-state index < -0.39 is 0 Å². The molecule has 0 aromatic heterocycles. The number of nitrogens with one attached hydrogen (secondary N) is 1. The second-order valence-corrected chi connectivity index (χ2v) is 5.50. The summed E-state index contributed by atoms with van der Waals surface area (Å²) in [6, 6.07) is 6.18. The van der Waals surface area contributed by atoms with Crippen molar-refractivity contribution in [3.63, 3.8) is 0 Å². The number of rotatable bonds is 7. The van der Waals surface area contributed by atoms with E-state index >= 15 is 0 Å². The van der Waals surface area contributed by atoms with E-state index in [4.69, 9.17) is 17.4 Å². The number of hydrogen-bond acceptors (Lipinski definition) is 2. The van der Waals surface area contributed by atoms with Crippen LogP contribution in [0.5, 0.6) is 0 Å². The molecule has 0 saturated carbocycles. The zero-order chi connectivity index (χ0) is 12.7. The fourth-order valence-electron chi connectivity index (χ4n) is 1.85. The normalized spacial score (nSPS) is 12.7. The summed E-state index contributed by atoms with van der Waals surface area (Å²) in [6.07, 6.45) is 6.05. The van der Waals surface area contributed by atoms with E-state index in [1.165, 1.54) is 25.7 Å². The maximum absolute atomic E-state index is 6.08. The second-order valence-electron chi connectivity index (χ2n) is 4.24. The first kappa shape index (κ1) is 15.0. The standard InChI is InChI=1S/C13H20BrClN2/c1-2-3-4-5-6-13(17-16)10-7-8-11(14)12(15)9-10/h7-9,13,17H,2-6,16H2,1H3. The van der Waals surface area contributed by atoms with E-state index in [1.807, 2.05) is 12.1 Å². The summed E-state index contributed by atoms with van der Waals surface area (Å²) in [4.78, 5) is 0. The first-order valence-electron chi connectivity index (χ1n) is 6.10. The molecule has 1 rings (SSSR count). The van der Waals surface area contributed by atoms with Crippen LogP contribution in [0.3, 0.4) is 0 Å². The molecule has 4 heteroatoms. The van der Waals surface area contributed by atoms with Crippen LogP contribution in [0.15, 0.2) is 22.7 Å². The number of benzene rings is 1. The third kappa shape index (κ3) is 4.96. The van der Waals surface area contributed by atoms with Crippen LogP contribution in [-0.2, 0) is 0 Å². The molecule has 1 atom stereocenters. The molecule has 0 amide bonds. The van der Waals surface area contributed by atoms with Crippen LogP contribution in [0.25, 0.3) is 0 Å². The average molecular weight is 320 g/mol. The number of hydrogen-bond donors (Lipinski definition) is 2. The predicted molar refractivity (Wildman–Crippen MR) is 78.0 cm³/mol. The van der Waals surface area contributed by atoms with Gasteiger partial charge in [-0.05, 0) is 40.0 Å². The molecule has 3 N–H and O–H groups in total. The van der Waals surface area contributed by atoms with Gasteiger partial charge in [0, 0.05) is 10.5 Å². The van der Waals surface area contributed by atoms with Gasteiger partial charge in [-0.3, -0.25) is 11.3 Å². The quantitative estimate of drug-likeness (QED) is 0.438. The Kier molecular flexibility index (Phi) is 7.12. The second kappa shape index (κ2) is 8.09. The van der Waals surface area contributed by atoms with Gasteiger partial charge in [-0.25, -0.2) is 0 Å². The van der Waals surface area contributed by atoms with E-state index in [0.717, 1.165) is 21.5 Å². The van der Waals surface area contributed by atoms with Crippen LogP contribution in [0, 0.1) is 0 Å². The third-order valence-corrected chi connectivity index (χ3v) is 4.13. The average Bonchev–Trinajstić information content (AvgIpc) is 2.33. The van der Waals surface area contributed by atoms with Gasteiger partial charge in [0.2, 0.25) is 0 Å². The third-order valence-electron chi connectivity index (χ3n) is 2.89. The van der Waals surface area contributed by atoms with Crippen LogP contribution in [0.1, 0.15) is 50.6 Å². The highest BCUT2D eigenvalue weighted by molar-refractivity contribution is 9.10. The van der Waals surface area contributed by atoms with Gasteiger partial charge in [0.15, 0.2) is 0 Å². The monoisotopic (exact) mass is 318 g/mol. The smallest absolute Gasteiger partial charge is 0.0551 e. The molecule has 0 bridgehead atoms. The van der Waals surface area contributed by atoms with Crippen LogP contribution < -0.4 is 11.3 Å². The van der Waals surface area contributed by atoms with E-state index in [-0.39, 0.29) is 6.04 Å². The molecule has 0 saturated heterocycles. The van der Waals surface area contributed by atoms with Crippen LogP contribution >= 0.6 is 27.5 Å². The van der Waals surface area contributed by atoms with Crippen molar-refractivity contribution in [3.05, 3.63) is 33.3 Å². The maximum Gasteiger partial charge on any atom is 0.0551 e. The zero-order valence-corrected chi connectivity index (χ0v) is 12.5. The Hall–Kier alpha value is -0.0900. The molecule has 0 heterocycles. The predicted octanol–water partition coefficient (Wildman–Crippen LogP) is 4.58. The Labute approximate surface area is 117 Å². The topological polar surface area (TPSA) is 38.0 Å². The van der Waals surface area contributed by atoms with E-state index in [9.17, 15) is 0 Å². The largest absolute Gasteiger partial charge is 0.271 e. The molecule has 96 valence electrons. The van der Waals surface area contributed by atoms with Crippen molar-refractivity contribution in [2.75, 3.05) is 0 Å². The molecule has 1 aromatic carbocycles. The maximum atomic E-state index is 6.08. The summed E-state index contributed by atoms with van der Waals surface area (Å²) in [5.74, 6) is 5.60. The Balaban J connectivity index is 2.56. The van der Waals surface area contributed by atoms with Gasteiger partial charge in [0.05, 0.1) is 5.02 Å². The lowest BCUT2D eigenvalue weighted by Crippen LogP contribution is -2.28. The molecule has 2 nitrogen and oxygen atoms in total. The van der Waals surface area contributed by atoms with Crippen molar-refractivity contribution < 1.29 is 0 Å². The minimum Gasteiger partial charge on any atom is -0.271 e. The molecular weight excluding hydrogens is 300 g/mol. The lowest BCUT2D eigenvalue weighted by Gasteiger charge is -2.16. The van der Waals surface area contributed by atoms with Crippen LogP contribution in [0.2, 0.25) is 5.02 Å². The molecule has 1 aromatic rings. The molecular formula is C13H20BrClN2. The lowest BCUT2D eigenvalue weighted by molar-refractivity contribution is 0.482. The Morgan fingerprint density at radius 2 is 2.12 bits per heavy atom. The van der Waals surface area contributed by atoms with E-state index in [0.29, 0.717) is 0 Å². The molecule has 0 spiro atoms. The van der Waals surface area contributed by atoms with Crippen molar-refractivity contribution in [1.29, 1.82) is 0 Å². The van der Waals surface area contributed by atoms with E-state index in [1.54, 1.807) is 0 Å². The summed E-state index contributed by atoms with van der Waals surface area (Å²) in [7, 11) is 0. The first-order valence-corrected chi connectivity index (χ1v) is 7.27. The number of unbranched alkanes of at least 4 members (excludes halogenated alkanes) is 3. The highest BCUT2D eigenvalue weighted by atomic mass is 79.9. The molecule has 0 aliphatic carbocycles. The molecule has 0 radical (unpaired) electrons. The Morgan fingerprint density at radius 3 is 2.71 bits per heavy atom. The van der Waals surface area contributed by atoms with Gasteiger partial charge >= 0.3 is 0 Å². The summed E-state index contributed by atoms with van der Waals surface area (Å²) in [5, 5.41) is 0.733. The van der Waals surface area contributed by atoms with Gasteiger partial charge in [-0.1, -0.05) is 50.3 Å². The molecule has 0 aliphatic heterocycles. The van der Waals surface area contributed by atoms with Crippen molar-refractivity contribution in [2.24, 2.45) is 5.84 Å². The van der Waals surface area contributed by atoms with Crippen molar-refractivity contribution in [1.82, 2.24) is 5.43 Å². The summed E-state index contributed by atoms with van der Waals surface area (Å²) in [5.41, 5.74) is 4.02. The molecule has 1 unspecified atom stereocenters. The number of halogens is 2. The van der Waals surface area contributed by atoms with Gasteiger partial charge in [0.1, 0.15) is 0 Å². The zero-order valence-electron chi connectivity index (χ0n) is 10.2. The van der Waals surface area contributed by atoms with Crippen molar-refractivity contribution in [3.8, 4) is 0 Å². The Bertz CT molecular complexity index is 344. The van der Waals surface area contributed by atoms with Crippen molar-refractivity contribution >= 4 is 27.5 Å². The molecule has 17 heavy (non-hydrogen) atoms. The fraction of sp³-hybridized carbons (Fsp3) is 0.538. The highest BCUT2D eigenvalue weighted by Crippen LogP contribution is 2.27. The van der Waals surface area contributed by atoms with Crippen LogP contribution in [0.4, 0.5) is 0 Å². The highest BCUT2D eigenvalue weighted by Gasteiger charge is 2.10. The minimum absolute atomic E-state index is 0.192. The van der Waals surface area contributed by atoms with Crippen molar-refractivity contribution in [2.45, 2.75) is 45.1 Å². The SMILES string of the molecule is CCCCCCC(NN)c1ccc(Br)c(Cl)c1. The summed E-state index contributed by atoms with van der Waals surface area (Å²) >= 11 is 9.47. The van der Waals surface area contributed by atoms with Gasteiger partial charge in [0.25, 0.3) is 0 Å². The Morgan fingerprint density at radius 1 is 1.35 bits per heavy atom. The number of hydrazine groups is 1. The van der Waals surface area contributed by atoms with Gasteiger partial charge in [-0.2, -0.15) is 0 Å².